The molecular formula is C23H24N4O4S2. The minimum Gasteiger partial charge on any atom is -0.543 e. The van der Waals surface area contributed by atoms with Crippen LogP contribution in [0.15, 0.2) is 47.6 Å². The van der Waals surface area contributed by atoms with Gasteiger partial charge in [0.1, 0.15) is 6.20 Å². The normalized spacial score (nSPS) is 23.2. The Balaban J connectivity index is 1.51. The van der Waals surface area contributed by atoms with Crippen LogP contribution in [0.5, 0.6) is 0 Å². The van der Waals surface area contributed by atoms with Crippen LogP contribution in [0.3, 0.4) is 0 Å². The van der Waals surface area contributed by atoms with Crippen LogP contribution in [0.2, 0.25) is 0 Å². The van der Waals surface area contributed by atoms with Crippen molar-refractivity contribution in [2.75, 3.05) is 6.26 Å². The standard InChI is InChI=1S/C23H24N4O4S2/c1-12-16(19(23(30)31)27-18(12)17(13(2)28)20(27)29)15-10-26-11-25(21(32-3)22(26)33-15)9-7-14-6-4-5-8-24-14/h4-6,8,10-13,17-18,28H,7,9H2,1-3H3/t12-,13+,17+,18+/m0/s1. The van der Waals surface area contributed by atoms with Crippen LogP contribution >= 0.6 is 23.1 Å². The number of β-lactam (4-membered cyclic amide) rings is 1. The van der Waals surface area contributed by atoms with Crippen LogP contribution in [0, 0.1) is 11.8 Å². The number of aliphatic carboxylic acids is 1. The molecule has 4 atom stereocenters. The Kier molecular flexibility index (Phi) is 5.54. The number of thioether (sulfide) groups is 1. The number of pyridine rings is 1. The Hall–Kier alpha value is -2.69. The lowest BCUT2D eigenvalue weighted by Gasteiger charge is -2.47. The molecule has 0 aliphatic carbocycles. The van der Waals surface area contributed by atoms with Gasteiger partial charge in [-0.2, -0.15) is 4.40 Å². The first-order chi connectivity index (χ1) is 15.8. The van der Waals surface area contributed by atoms with Crippen LogP contribution in [0.4, 0.5) is 0 Å². The Morgan fingerprint density at radius 3 is 2.85 bits per heavy atom. The maximum Gasteiger partial charge on any atom is 0.250 e. The largest absolute Gasteiger partial charge is 0.543 e. The predicted molar refractivity (Wildman–Crippen MR) is 122 cm³/mol. The van der Waals surface area contributed by atoms with Crippen molar-refractivity contribution in [3.8, 4) is 0 Å². The van der Waals surface area contributed by atoms with E-state index in [-0.39, 0.29) is 23.6 Å². The topological polar surface area (TPSA) is 102 Å². The minimum atomic E-state index is -1.36. The number of hydrogen-bond acceptors (Lipinski definition) is 7. The van der Waals surface area contributed by atoms with Gasteiger partial charge in [-0.15, -0.1) is 0 Å². The van der Waals surface area contributed by atoms with Crippen molar-refractivity contribution in [3.63, 3.8) is 0 Å². The van der Waals surface area contributed by atoms with Gasteiger partial charge >= 0.3 is 0 Å². The zero-order valence-electron chi connectivity index (χ0n) is 18.5. The number of imidazole rings is 1. The lowest BCUT2D eigenvalue weighted by molar-refractivity contribution is -0.729. The van der Waals surface area contributed by atoms with Crippen molar-refractivity contribution < 1.29 is 24.4 Å². The molecule has 1 fully saturated rings. The summed E-state index contributed by atoms with van der Waals surface area (Å²) in [7, 11) is 0. The number of carboxylic acids is 1. The first-order valence-electron chi connectivity index (χ1n) is 10.8. The summed E-state index contributed by atoms with van der Waals surface area (Å²) >= 11 is 3.15. The number of thiazole rings is 1. The number of carbonyl (C=O) groups excluding carboxylic acids is 2. The highest BCUT2D eigenvalue weighted by atomic mass is 32.2. The van der Waals surface area contributed by atoms with Gasteiger partial charge in [0.05, 0.1) is 41.2 Å². The van der Waals surface area contributed by atoms with Gasteiger partial charge in [-0.3, -0.25) is 9.78 Å². The van der Waals surface area contributed by atoms with E-state index < -0.39 is 18.0 Å². The molecule has 33 heavy (non-hydrogen) atoms. The zero-order valence-corrected chi connectivity index (χ0v) is 20.1. The molecule has 10 heteroatoms. The van der Waals surface area contributed by atoms with E-state index in [4.69, 9.17) is 0 Å². The van der Waals surface area contributed by atoms with Gasteiger partial charge in [0.15, 0.2) is 0 Å². The minimum absolute atomic E-state index is 0.0624. The summed E-state index contributed by atoms with van der Waals surface area (Å²) in [5.74, 6) is -2.51. The molecule has 3 aromatic heterocycles. The van der Waals surface area contributed by atoms with Crippen LogP contribution in [0.25, 0.3) is 10.4 Å². The predicted octanol–water partition coefficient (Wildman–Crippen LogP) is 0.966. The fourth-order valence-corrected chi connectivity index (χ4v) is 7.29. The van der Waals surface area contributed by atoms with Crippen LogP contribution in [-0.2, 0) is 22.6 Å². The molecule has 8 nitrogen and oxygen atoms in total. The lowest BCUT2D eigenvalue weighted by Crippen LogP contribution is -2.64. The summed E-state index contributed by atoms with van der Waals surface area (Å²) in [5, 5.41) is 23.2. The molecule has 5 heterocycles. The molecule has 0 bridgehead atoms. The van der Waals surface area contributed by atoms with E-state index in [1.54, 1.807) is 24.9 Å². The van der Waals surface area contributed by atoms with E-state index in [2.05, 4.69) is 9.55 Å². The van der Waals surface area contributed by atoms with Crippen molar-refractivity contribution in [2.45, 2.75) is 44.0 Å². The third-order valence-electron chi connectivity index (χ3n) is 6.56. The van der Waals surface area contributed by atoms with E-state index in [9.17, 15) is 19.8 Å². The van der Waals surface area contributed by atoms with Gasteiger partial charge in [0.2, 0.25) is 15.8 Å². The number of carboxylic acid groups (broad SMARTS) is 1. The van der Waals surface area contributed by atoms with E-state index in [1.165, 1.54) is 16.2 Å². The summed E-state index contributed by atoms with van der Waals surface area (Å²) in [4.78, 5) is 32.2. The Morgan fingerprint density at radius 2 is 2.21 bits per heavy atom. The van der Waals surface area contributed by atoms with Crippen molar-refractivity contribution >= 4 is 45.4 Å². The highest BCUT2D eigenvalue weighted by Gasteiger charge is 2.59. The number of rotatable bonds is 7. The summed E-state index contributed by atoms with van der Waals surface area (Å²) in [6, 6.07) is 5.54. The molecule has 0 saturated carbocycles. The number of hydrogen-bond donors (Lipinski definition) is 1. The molecule has 0 radical (unpaired) electrons. The number of fused-ring (bicyclic) bond motifs is 2. The Labute approximate surface area is 199 Å². The average molecular weight is 485 g/mol. The second-order valence-corrected chi connectivity index (χ2v) is 10.3. The number of amides is 1. The summed E-state index contributed by atoms with van der Waals surface area (Å²) < 4.78 is 4.20. The molecule has 2 aliphatic heterocycles. The molecule has 2 aliphatic rings. The van der Waals surface area contributed by atoms with Crippen molar-refractivity contribution in [1.29, 1.82) is 0 Å². The van der Waals surface area contributed by atoms with Crippen molar-refractivity contribution in [3.05, 3.63) is 53.2 Å². The van der Waals surface area contributed by atoms with Crippen LogP contribution in [0.1, 0.15) is 24.4 Å². The van der Waals surface area contributed by atoms with E-state index >= 15 is 0 Å². The molecule has 3 aromatic rings. The molecular weight excluding hydrogens is 460 g/mol. The first-order valence-corrected chi connectivity index (χ1v) is 12.8. The number of aliphatic hydroxyl groups is 1. The van der Waals surface area contributed by atoms with Gasteiger partial charge in [0, 0.05) is 29.8 Å². The SMILES string of the molecule is CSc1c2sc(C3=C(C(=O)[O-])N4C(=O)[C@H]([C@@H](C)O)[C@H]4[C@H]3C)cn2c[n+]1CCc1ccccn1. The van der Waals surface area contributed by atoms with Crippen LogP contribution in [-0.4, -0.2) is 49.7 Å². The quantitative estimate of drug-likeness (QED) is 0.305. The number of aliphatic hydroxyl groups excluding tert-OH is 1. The second-order valence-electron chi connectivity index (χ2n) is 8.50. The molecule has 0 spiro atoms. The maximum atomic E-state index is 12.6. The zero-order chi connectivity index (χ0) is 23.4. The van der Waals surface area contributed by atoms with Gasteiger partial charge in [0.25, 0.3) is 6.33 Å². The molecule has 5 rings (SSSR count). The Bertz CT molecular complexity index is 1280. The van der Waals surface area contributed by atoms with E-state index in [0.717, 1.165) is 33.4 Å². The third-order valence-corrected chi connectivity index (χ3v) is 8.65. The van der Waals surface area contributed by atoms with E-state index in [1.807, 2.05) is 48.3 Å². The summed E-state index contributed by atoms with van der Waals surface area (Å²) in [6.07, 6.45) is 7.74. The number of carbonyl (C=O) groups is 2. The van der Waals surface area contributed by atoms with E-state index in [0.29, 0.717) is 5.57 Å². The maximum absolute atomic E-state index is 12.6. The first kappa shape index (κ1) is 22.1. The second kappa shape index (κ2) is 8.27. The highest BCUT2D eigenvalue weighted by Crippen LogP contribution is 2.51. The fourth-order valence-electron chi connectivity index (χ4n) is 5.09. The molecule has 1 amide bonds. The highest BCUT2D eigenvalue weighted by molar-refractivity contribution is 7.98. The third kappa shape index (κ3) is 3.39. The van der Waals surface area contributed by atoms with Gasteiger partial charge < -0.3 is 19.9 Å². The fraction of sp³-hybridized carbons (Fsp3) is 0.391. The summed E-state index contributed by atoms with van der Waals surface area (Å²) in [5.41, 5.74) is 1.57. The van der Waals surface area contributed by atoms with Gasteiger partial charge in [-0.1, -0.05) is 36.1 Å². The number of nitrogens with zero attached hydrogens (tertiary/aromatic N) is 4. The molecule has 172 valence electrons. The average Bonchev–Trinajstić information content (AvgIpc) is 3.39. The van der Waals surface area contributed by atoms with Gasteiger partial charge in [-0.05, 0) is 25.3 Å². The van der Waals surface area contributed by atoms with Crippen molar-refractivity contribution in [2.24, 2.45) is 11.8 Å². The number of aromatic nitrogens is 3. The monoisotopic (exact) mass is 484 g/mol. The molecule has 0 aromatic carbocycles. The van der Waals surface area contributed by atoms with Crippen molar-refractivity contribution in [1.82, 2.24) is 14.3 Å². The molecule has 1 N–H and O–H groups in total. The lowest BCUT2D eigenvalue weighted by atomic mass is 9.77. The van der Waals surface area contributed by atoms with Gasteiger partial charge in [-0.25, -0.2) is 4.57 Å². The summed E-state index contributed by atoms with van der Waals surface area (Å²) in [6.45, 7) is 4.27. The number of aryl methyl sites for hydroxylation is 2. The molecule has 1 saturated heterocycles. The molecule has 0 unspecified atom stereocenters. The Morgan fingerprint density at radius 1 is 1.42 bits per heavy atom. The van der Waals surface area contributed by atoms with Crippen LogP contribution < -0.4 is 9.67 Å². The smallest absolute Gasteiger partial charge is 0.250 e.